The van der Waals surface area contributed by atoms with Crippen LogP contribution in [-0.2, 0) is 16.3 Å². The minimum atomic E-state index is -3.15. The minimum Gasteiger partial charge on any atom is -0.330 e. The molecule has 5 heteroatoms. The second kappa shape index (κ2) is 6.68. The molecule has 0 radical (unpaired) electrons. The molecule has 0 heterocycles. The first-order chi connectivity index (χ1) is 9.17. The predicted molar refractivity (Wildman–Crippen MR) is 80.8 cm³/mol. The van der Waals surface area contributed by atoms with Crippen LogP contribution in [0.1, 0.15) is 32.8 Å². The topological polar surface area (TPSA) is 60.2 Å². The van der Waals surface area contributed by atoms with Gasteiger partial charge in [-0.25, -0.2) is 12.8 Å². The van der Waals surface area contributed by atoms with E-state index in [1.807, 2.05) is 0 Å². The highest BCUT2D eigenvalue weighted by Gasteiger charge is 2.29. The molecule has 0 bridgehead atoms. The Morgan fingerprint density at radius 1 is 1.25 bits per heavy atom. The molecule has 0 spiro atoms. The van der Waals surface area contributed by atoms with Crippen molar-refractivity contribution in [2.45, 2.75) is 38.4 Å². The number of hydrogen-bond acceptors (Lipinski definition) is 3. The third kappa shape index (κ3) is 4.56. The summed E-state index contributed by atoms with van der Waals surface area (Å²) in [6, 6.07) is 6.54. The normalized spacial score (nSPS) is 14.2. The van der Waals surface area contributed by atoms with Crippen molar-refractivity contribution in [2.75, 3.05) is 12.3 Å². The van der Waals surface area contributed by atoms with Crippen molar-refractivity contribution in [1.29, 1.82) is 0 Å². The van der Waals surface area contributed by atoms with Gasteiger partial charge in [0.15, 0.2) is 9.84 Å². The van der Waals surface area contributed by atoms with E-state index in [2.05, 4.69) is 0 Å². The molecule has 1 aromatic carbocycles. The summed E-state index contributed by atoms with van der Waals surface area (Å²) >= 11 is 0. The highest BCUT2D eigenvalue weighted by molar-refractivity contribution is 7.92. The molecule has 3 nitrogen and oxygen atoms in total. The van der Waals surface area contributed by atoms with Crippen molar-refractivity contribution in [3.05, 3.63) is 35.6 Å². The van der Waals surface area contributed by atoms with E-state index in [4.69, 9.17) is 5.73 Å². The number of nitrogens with two attached hydrogens (primary N) is 1. The lowest BCUT2D eigenvalue weighted by Gasteiger charge is -2.21. The van der Waals surface area contributed by atoms with Crippen LogP contribution in [0.25, 0.3) is 0 Å². The van der Waals surface area contributed by atoms with Gasteiger partial charge in [0.1, 0.15) is 5.82 Å². The molecule has 0 amide bonds. The summed E-state index contributed by atoms with van der Waals surface area (Å²) in [6.45, 7) is 5.43. The van der Waals surface area contributed by atoms with Crippen LogP contribution in [-0.4, -0.2) is 25.5 Å². The standard InChI is InChI=1S/C15H24FNO2S/c1-15(2,3)20(18,19)9-8-12(11-17)10-13-6-4-5-7-14(13)16/h4-7,12H,8-11,17H2,1-3H3. The van der Waals surface area contributed by atoms with E-state index in [-0.39, 0.29) is 17.5 Å². The number of halogens is 1. The Hall–Kier alpha value is -0.940. The molecular formula is C15H24FNO2S. The molecule has 1 atom stereocenters. The smallest absolute Gasteiger partial charge is 0.155 e. The zero-order chi connectivity index (χ0) is 15.4. The summed E-state index contributed by atoms with van der Waals surface area (Å²) in [5.41, 5.74) is 6.29. The maximum absolute atomic E-state index is 13.6. The molecule has 20 heavy (non-hydrogen) atoms. The van der Waals surface area contributed by atoms with Gasteiger partial charge in [-0.3, -0.25) is 0 Å². The van der Waals surface area contributed by atoms with Crippen molar-refractivity contribution in [3.63, 3.8) is 0 Å². The van der Waals surface area contributed by atoms with Crippen molar-refractivity contribution in [3.8, 4) is 0 Å². The van der Waals surface area contributed by atoms with Gasteiger partial charge in [0.05, 0.1) is 10.5 Å². The second-order valence-electron chi connectivity index (χ2n) is 6.12. The average molecular weight is 301 g/mol. The first kappa shape index (κ1) is 17.1. The fourth-order valence-corrected chi connectivity index (χ4v) is 3.16. The van der Waals surface area contributed by atoms with Gasteiger partial charge < -0.3 is 5.73 Å². The number of benzene rings is 1. The molecule has 1 aromatic rings. The maximum atomic E-state index is 13.6. The van der Waals surface area contributed by atoms with E-state index in [1.54, 1.807) is 39.0 Å². The SMILES string of the molecule is CC(C)(C)S(=O)(=O)CCC(CN)Cc1ccccc1F. The van der Waals surface area contributed by atoms with Gasteiger partial charge >= 0.3 is 0 Å². The number of rotatable bonds is 6. The molecule has 0 saturated heterocycles. The molecule has 0 aliphatic heterocycles. The van der Waals surface area contributed by atoms with E-state index < -0.39 is 14.6 Å². The third-order valence-corrected chi connectivity index (χ3v) is 6.17. The molecule has 0 aliphatic rings. The Balaban J connectivity index is 2.68. The van der Waals surface area contributed by atoms with Gasteiger partial charge in [-0.2, -0.15) is 0 Å². The van der Waals surface area contributed by atoms with Gasteiger partial charge in [-0.15, -0.1) is 0 Å². The summed E-state index contributed by atoms with van der Waals surface area (Å²) in [6.07, 6.45) is 0.938. The van der Waals surface area contributed by atoms with E-state index >= 15 is 0 Å². The van der Waals surface area contributed by atoms with Crippen molar-refractivity contribution >= 4 is 9.84 Å². The van der Waals surface area contributed by atoms with Crippen molar-refractivity contribution in [1.82, 2.24) is 0 Å². The van der Waals surface area contributed by atoms with E-state index in [0.29, 0.717) is 24.9 Å². The average Bonchev–Trinajstić information content (AvgIpc) is 2.35. The van der Waals surface area contributed by atoms with Crippen LogP contribution in [0.2, 0.25) is 0 Å². The van der Waals surface area contributed by atoms with Crippen LogP contribution in [0, 0.1) is 11.7 Å². The zero-order valence-electron chi connectivity index (χ0n) is 12.4. The van der Waals surface area contributed by atoms with E-state index in [1.165, 1.54) is 6.07 Å². The van der Waals surface area contributed by atoms with Gasteiger partial charge in [0.2, 0.25) is 0 Å². The molecule has 1 rings (SSSR count). The fraction of sp³-hybridized carbons (Fsp3) is 0.600. The Labute approximate surface area is 121 Å². The second-order valence-corrected chi connectivity index (χ2v) is 8.98. The van der Waals surface area contributed by atoms with Gasteiger partial charge in [0, 0.05) is 0 Å². The van der Waals surface area contributed by atoms with E-state index in [0.717, 1.165) is 0 Å². The Morgan fingerprint density at radius 3 is 2.35 bits per heavy atom. The molecule has 0 aliphatic carbocycles. The van der Waals surface area contributed by atoms with Crippen LogP contribution in [0.15, 0.2) is 24.3 Å². The Morgan fingerprint density at radius 2 is 1.85 bits per heavy atom. The summed E-state index contributed by atoms with van der Waals surface area (Å²) in [4.78, 5) is 0. The highest BCUT2D eigenvalue weighted by Crippen LogP contribution is 2.20. The molecule has 2 N–H and O–H groups in total. The summed E-state index contributed by atoms with van der Waals surface area (Å²) in [7, 11) is -3.15. The van der Waals surface area contributed by atoms with Crippen molar-refractivity contribution in [2.24, 2.45) is 11.7 Å². The van der Waals surface area contributed by atoms with Crippen LogP contribution < -0.4 is 5.73 Å². The number of hydrogen-bond donors (Lipinski definition) is 1. The minimum absolute atomic E-state index is 0.0241. The quantitative estimate of drug-likeness (QED) is 0.878. The monoisotopic (exact) mass is 301 g/mol. The van der Waals surface area contributed by atoms with Gasteiger partial charge in [-0.05, 0) is 57.7 Å². The van der Waals surface area contributed by atoms with Gasteiger partial charge in [-0.1, -0.05) is 18.2 Å². The van der Waals surface area contributed by atoms with Crippen LogP contribution in [0.3, 0.4) is 0 Å². The third-order valence-electron chi connectivity index (χ3n) is 3.53. The lowest BCUT2D eigenvalue weighted by molar-refractivity contribution is 0.490. The largest absolute Gasteiger partial charge is 0.330 e. The summed E-state index contributed by atoms with van der Waals surface area (Å²) in [5, 5.41) is 0. The lowest BCUT2D eigenvalue weighted by Crippen LogP contribution is -2.32. The van der Waals surface area contributed by atoms with Crippen LogP contribution >= 0.6 is 0 Å². The first-order valence-electron chi connectivity index (χ1n) is 6.83. The fourth-order valence-electron chi connectivity index (χ4n) is 1.91. The van der Waals surface area contributed by atoms with Gasteiger partial charge in [0.25, 0.3) is 0 Å². The lowest BCUT2D eigenvalue weighted by atomic mass is 9.97. The molecular weight excluding hydrogens is 277 g/mol. The van der Waals surface area contributed by atoms with Crippen LogP contribution in [0.4, 0.5) is 4.39 Å². The zero-order valence-corrected chi connectivity index (χ0v) is 13.2. The molecule has 0 saturated carbocycles. The molecule has 1 unspecified atom stereocenters. The van der Waals surface area contributed by atoms with Crippen LogP contribution in [0.5, 0.6) is 0 Å². The van der Waals surface area contributed by atoms with Crippen molar-refractivity contribution < 1.29 is 12.8 Å². The summed E-state index contributed by atoms with van der Waals surface area (Å²) < 4.78 is 37.0. The molecule has 0 aromatic heterocycles. The predicted octanol–water partition coefficient (Wildman–Crippen LogP) is 2.55. The maximum Gasteiger partial charge on any atom is 0.155 e. The summed E-state index contributed by atoms with van der Waals surface area (Å²) in [5.74, 6) is -0.194. The molecule has 0 fully saturated rings. The Kier molecular flexibility index (Phi) is 5.71. The number of sulfone groups is 1. The molecule has 114 valence electrons. The highest BCUT2D eigenvalue weighted by atomic mass is 32.2. The van der Waals surface area contributed by atoms with E-state index in [9.17, 15) is 12.8 Å². The Bertz CT molecular complexity index is 535. The first-order valence-corrected chi connectivity index (χ1v) is 8.48.